The summed E-state index contributed by atoms with van der Waals surface area (Å²) in [7, 11) is 0. The Morgan fingerprint density at radius 2 is 2.00 bits per heavy atom. The highest BCUT2D eigenvalue weighted by Crippen LogP contribution is 2.22. The van der Waals surface area contributed by atoms with Crippen molar-refractivity contribution < 1.29 is 14.6 Å². The third-order valence-corrected chi connectivity index (χ3v) is 2.95. The molecule has 6 heteroatoms. The summed E-state index contributed by atoms with van der Waals surface area (Å²) in [6.45, 7) is 5.19. The molecular formula is C16H19N3O3. The summed E-state index contributed by atoms with van der Waals surface area (Å²) in [5, 5.41) is 12.1. The molecule has 116 valence electrons. The second kappa shape index (κ2) is 7.40. The highest BCUT2D eigenvalue weighted by molar-refractivity contribution is 5.93. The number of carbonyl (C=O) groups is 1. The summed E-state index contributed by atoms with van der Waals surface area (Å²) in [5.74, 6) is 0.541. The SMILES string of the molecule is CCCOc1ccc(-c2ncc(C(=O)O)c(NCC)n2)cc1. The van der Waals surface area contributed by atoms with Crippen LogP contribution in [0, 0.1) is 0 Å². The Morgan fingerprint density at radius 1 is 1.27 bits per heavy atom. The van der Waals surface area contributed by atoms with E-state index in [4.69, 9.17) is 9.84 Å². The summed E-state index contributed by atoms with van der Waals surface area (Å²) in [5.41, 5.74) is 0.869. The zero-order valence-electron chi connectivity index (χ0n) is 12.7. The summed E-state index contributed by atoms with van der Waals surface area (Å²) >= 11 is 0. The minimum atomic E-state index is -1.05. The number of aromatic nitrogens is 2. The fourth-order valence-electron chi connectivity index (χ4n) is 1.90. The number of nitrogens with zero attached hydrogens (tertiary/aromatic N) is 2. The zero-order chi connectivity index (χ0) is 15.9. The molecule has 22 heavy (non-hydrogen) atoms. The van der Waals surface area contributed by atoms with Gasteiger partial charge in [-0.15, -0.1) is 0 Å². The van der Waals surface area contributed by atoms with Crippen molar-refractivity contribution in [3.8, 4) is 17.1 Å². The summed E-state index contributed by atoms with van der Waals surface area (Å²) in [6.07, 6.45) is 2.28. The van der Waals surface area contributed by atoms with Crippen molar-refractivity contribution in [3.63, 3.8) is 0 Å². The lowest BCUT2D eigenvalue weighted by Gasteiger charge is -2.09. The Balaban J connectivity index is 2.28. The van der Waals surface area contributed by atoms with Crippen LogP contribution in [0.4, 0.5) is 5.82 Å². The molecule has 1 heterocycles. The first kappa shape index (κ1) is 15.8. The number of hydrogen-bond donors (Lipinski definition) is 2. The average Bonchev–Trinajstić information content (AvgIpc) is 2.53. The van der Waals surface area contributed by atoms with Gasteiger partial charge in [-0.2, -0.15) is 0 Å². The molecule has 2 rings (SSSR count). The maximum absolute atomic E-state index is 11.2. The van der Waals surface area contributed by atoms with Crippen molar-refractivity contribution in [2.24, 2.45) is 0 Å². The Labute approximate surface area is 129 Å². The first-order valence-electron chi connectivity index (χ1n) is 7.23. The predicted molar refractivity (Wildman–Crippen MR) is 84.4 cm³/mol. The maximum atomic E-state index is 11.2. The van der Waals surface area contributed by atoms with E-state index >= 15 is 0 Å². The van der Waals surface area contributed by atoms with Crippen molar-refractivity contribution >= 4 is 11.8 Å². The van der Waals surface area contributed by atoms with E-state index in [1.807, 2.05) is 31.2 Å². The van der Waals surface area contributed by atoms with Gasteiger partial charge in [0, 0.05) is 18.3 Å². The molecule has 0 bridgehead atoms. The highest BCUT2D eigenvalue weighted by Gasteiger charge is 2.13. The van der Waals surface area contributed by atoms with Crippen molar-refractivity contribution in [2.75, 3.05) is 18.5 Å². The van der Waals surface area contributed by atoms with E-state index in [0.717, 1.165) is 17.7 Å². The first-order chi connectivity index (χ1) is 10.7. The van der Waals surface area contributed by atoms with Gasteiger partial charge in [0.05, 0.1) is 6.61 Å². The third-order valence-electron chi connectivity index (χ3n) is 2.95. The van der Waals surface area contributed by atoms with Gasteiger partial charge in [0.15, 0.2) is 5.82 Å². The lowest BCUT2D eigenvalue weighted by Crippen LogP contribution is -2.09. The molecule has 0 amide bonds. The summed E-state index contributed by atoms with van der Waals surface area (Å²) < 4.78 is 5.53. The average molecular weight is 301 g/mol. The fourth-order valence-corrected chi connectivity index (χ4v) is 1.90. The zero-order valence-corrected chi connectivity index (χ0v) is 12.7. The predicted octanol–water partition coefficient (Wildman–Crippen LogP) is 3.06. The topological polar surface area (TPSA) is 84.3 Å². The number of carboxylic acids is 1. The Morgan fingerprint density at radius 3 is 2.59 bits per heavy atom. The molecule has 0 aliphatic carbocycles. The second-order valence-corrected chi connectivity index (χ2v) is 4.66. The van der Waals surface area contributed by atoms with Gasteiger partial charge in [0.2, 0.25) is 0 Å². The Bertz CT molecular complexity index is 642. The van der Waals surface area contributed by atoms with Crippen LogP contribution in [0.3, 0.4) is 0 Å². The van der Waals surface area contributed by atoms with Gasteiger partial charge in [-0.3, -0.25) is 0 Å². The molecule has 2 aromatic rings. The van der Waals surface area contributed by atoms with E-state index in [2.05, 4.69) is 22.2 Å². The molecule has 0 aliphatic heterocycles. The standard InChI is InChI=1S/C16H19N3O3/c1-3-9-22-12-7-5-11(6-8-12)14-18-10-13(16(20)21)15(19-14)17-4-2/h5-8,10H,3-4,9H2,1-2H3,(H,20,21)(H,17,18,19). The van der Waals surface area contributed by atoms with Crippen LogP contribution >= 0.6 is 0 Å². The lowest BCUT2D eigenvalue weighted by molar-refractivity contribution is 0.0697. The van der Waals surface area contributed by atoms with Crippen LogP contribution in [0.5, 0.6) is 5.75 Å². The molecule has 0 fully saturated rings. The van der Waals surface area contributed by atoms with Crippen LogP contribution in [0.1, 0.15) is 30.6 Å². The minimum absolute atomic E-state index is 0.0634. The van der Waals surface area contributed by atoms with E-state index in [1.54, 1.807) is 0 Å². The van der Waals surface area contributed by atoms with E-state index in [1.165, 1.54) is 6.20 Å². The van der Waals surface area contributed by atoms with Crippen LogP contribution in [-0.4, -0.2) is 34.2 Å². The smallest absolute Gasteiger partial charge is 0.341 e. The van der Waals surface area contributed by atoms with Gasteiger partial charge in [0.1, 0.15) is 17.1 Å². The second-order valence-electron chi connectivity index (χ2n) is 4.66. The summed E-state index contributed by atoms with van der Waals surface area (Å²) in [4.78, 5) is 19.6. The van der Waals surface area contributed by atoms with Gasteiger partial charge in [-0.05, 0) is 37.6 Å². The molecule has 1 aromatic carbocycles. The molecule has 0 saturated carbocycles. The van der Waals surface area contributed by atoms with E-state index < -0.39 is 5.97 Å². The van der Waals surface area contributed by atoms with E-state index in [9.17, 15) is 4.79 Å². The Hall–Kier alpha value is -2.63. The summed E-state index contributed by atoms with van der Waals surface area (Å²) in [6, 6.07) is 7.42. The molecule has 2 N–H and O–H groups in total. The molecule has 1 aromatic heterocycles. The van der Waals surface area contributed by atoms with Crippen LogP contribution in [0.25, 0.3) is 11.4 Å². The molecule has 6 nitrogen and oxygen atoms in total. The van der Waals surface area contributed by atoms with Crippen molar-refractivity contribution in [1.29, 1.82) is 0 Å². The fraction of sp³-hybridized carbons (Fsp3) is 0.312. The van der Waals surface area contributed by atoms with Gasteiger partial charge >= 0.3 is 5.97 Å². The Kier molecular flexibility index (Phi) is 5.30. The molecule has 0 aliphatic rings. The molecule has 0 spiro atoms. The third kappa shape index (κ3) is 3.72. The number of rotatable bonds is 7. The van der Waals surface area contributed by atoms with Gasteiger partial charge in [0.25, 0.3) is 0 Å². The van der Waals surface area contributed by atoms with Crippen LogP contribution < -0.4 is 10.1 Å². The number of hydrogen-bond acceptors (Lipinski definition) is 5. The van der Waals surface area contributed by atoms with Crippen LogP contribution in [0.15, 0.2) is 30.5 Å². The minimum Gasteiger partial charge on any atom is -0.494 e. The van der Waals surface area contributed by atoms with Gasteiger partial charge in [-0.1, -0.05) is 6.92 Å². The molecule has 0 unspecified atom stereocenters. The highest BCUT2D eigenvalue weighted by atomic mass is 16.5. The lowest BCUT2D eigenvalue weighted by atomic mass is 10.2. The number of anilines is 1. The van der Waals surface area contributed by atoms with Crippen molar-refractivity contribution in [3.05, 3.63) is 36.0 Å². The number of aromatic carboxylic acids is 1. The van der Waals surface area contributed by atoms with Crippen LogP contribution in [-0.2, 0) is 0 Å². The monoisotopic (exact) mass is 301 g/mol. The number of benzene rings is 1. The number of ether oxygens (including phenoxy) is 1. The number of carboxylic acid groups (broad SMARTS) is 1. The van der Waals surface area contributed by atoms with E-state index in [-0.39, 0.29) is 5.56 Å². The first-order valence-corrected chi connectivity index (χ1v) is 7.23. The number of nitrogens with one attached hydrogen (secondary N) is 1. The van der Waals surface area contributed by atoms with Crippen molar-refractivity contribution in [1.82, 2.24) is 9.97 Å². The van der Waals surface area contributed by atoms with Crippen LogP contribution in [0.2, 0.25) is 0 Å². The molecule has 0 atom stereocenters. The quantitative estimate of drug-likeness (QED) is 0.817. The van der Waals surface area contributed by atoms with Gasteiger partial charge < -0.3 is 15.2 Å². The maximum Gasteiger partial charge on any atom is 0.341 e. The molecular weight excluding hydrogens is 282 g/mol. The largest absolute Gasteiger partial charge is 0.494 e. The van der Waals surface area contributed by atoms with Crippen molar-refractivity contribution in [2.45, 2.75) is 20.3 Å². The molecule has 0 radical (unpaired) electrons. The molecule has 0 saturated heterocycles. The van der Waals surface area contributed by atoms with Gasteiger partial charge in [-0.25, -0.2) is 14.8 Å². The van der Waals surface area contributed by atoms with E-state index in [0.29, 0.717) is 24.8 Å². The normalized spacial score (nSPS) is 10.3.